The van der Waals surface area contributed by atoms with Gasteiger partial charge in [-0.2, -0.15) is 8.78 Å². The molecular formula is C18H20F2N2O4S2. The molecule has 0 saturated carbocycles. The molecular weight excluding hydrogens is 410 g/mol. The van der Waals surface area contributed by atoms with Crippen LogP contribution < -0.4 is 9.47 Å². The number of benzene rings is 1. The van der Waals surface area contributed by atoms with Gasteiger partial charge in [-0.25, -0.2) is 0 Å². The van der Waals surface area contributed by atoms with E-state index in [9.17, 15) is 13.6 Å². The van der Waals surface area contributed by atoms with Gasteiger partial charge in [0, 0.05) is 31.7 Å². The minimum Gasteiger partial charge on any atom is -0.493 e. The van der Waals surface area contributed by atoms with E-state index in [2.05, 4.69) is 9.64 Å². The van der Waals surface area contributed by atoms with Crippen molar-refractivity contribution in [1.82, 2.24) is 9.80 Å². The van der Waals surface area contributed by atoms with E-state index in [1.165, 1.54) is 24.2 Å². The second-order valence-corrected chi connectivity index (χ2v) is 7.72. The van der Waals surface area contributed by atoms with Gasteiger partial charge in [0.25, 0.3) is 5.91 Å². The number of amides is 1. The Kier molecular flexibility index (Phi) is 7.22. The molecule has 0 aliphatic carbocycles. The summed E-state index contributed by atoms with van der Waals surface area (Å²) in [6.07, 6.45) is 1.51. The van der Waals surface area contributed by atoms with Crippen molar-refractivity contribution >= 4 is 40.3 Å². The van der Waals surface area contributed by atoms with Gasteiger partial charge in [0.1, 0.15) is 4.32 Å². The van der Waals surface area contributed by atoms with E-state index in [0.717, 1.165) is 24.9 Å². The van der Waals surface area contributed by atoms with E-state index in [0.29, 0.717) is 41.1 Å². The first kappa shape index (κ1) is 21.0. The number of rotatable bonds is 7. The van der Waals surface area contributed by atoms with E-state index >= 15 is 0 Å². The number of carbonyl (C=O) groups excluding carboxylic acids is 1. The maximum atomic E-state index is 12.8. The molecule has 2 aliphatic heterocycles. The molecule has 2 fully saturated rings. The SMILES string of the molecule is COc1cccc(C=C2SC(=S)N(CCN3CCOCC3)C2=O)c1OC(F)F. The van der Waals surface area contributed by atoms with Crippen molar-refractivity contribution in [2.24, 2.45) is 0 Å². The number of carbonyl (C=O) groups is 1. The predicted octanol–water partition coefficient (Wildman–Crippen LogP) is 2.83. The van der Waals surface area contributed by atoms with Crippen molar-refractivity contribution in [3.63, 3.8) is 0 Å². The Morgan fingerprint density at radius 2 is 2.07 bits per heavy atom. The fraction of sp³-hybridized carbons (Fsp3) is 0.444. The first-order valence-electron chi connectivity index (χ1n) is 8.67. The molecule has 0 N–H and O–H groups in total. The minimum atomic E-state index is -3.01. The molecule has 152 valence electrons. The van der Waals surface area contributed by atoms with Crippen molar-refractivity contribution in [1.29, 1.82) is 0 Å². The number of para-hydroxylation sites is 1. The van der Waals surface area contributed by atoms with Gasteiger partial charge in [-0.3, -0.25) is 14.6 Å². The van der Waals surface area contributed by atoms with Gasteiger partial charge in [-0.1, -0.05) is 36.1 Å². The molecule has 2 heterocycles. The molecule has 3 rings (SSSR count). The number of halogens is 2. The summed E-state index contributed by atoms with van der Waals surface area (Å²) in [7, 11) is 1.36. The van der Waals surface area contributed by atoms with Crippen LogP contribution in [0.5, 0.6) is 11.5 Å². The predicted molar refractivity (Wildman–Crippen MR) is 107 cm³/mol. The first-order chi connectivity index (χ1) is 13.5. The Labute approximate surface area is 171 Å². The summed E-state index contributed by atoms with van der Waals surface area (Å²) in [5.74, 6) is -0.190. The average Bonchev–Trinajstić information content (AvgIpc) is 2.95. The highest BCUT2D eigenvalue weighted by molar-refractivity contribution is 8.26. The maximum absolute atomic E-state index is 12.8. The van der Waals surface area contributed by atoms with Crippen molar-refractivity contribution < 1.29 is 27.8 Å². The molecule has 1 aromatic rings. The molecule has 0 unspecified atom stereocenters. The number of morpholine rings is 1. The van der Waals surface area contributed by atoms with Gasteiger partial charge in [0.05, 0.1) is 25.2 Å². The van der Waals surface area contributed by atoms with Crippen molar-refractivity contribution in [3.05, 3.63) is 28.7 Å². The second kappa shape index (κ2) is 9.64. The zero-order valence-electron chi connectivity index (χ0n) is 15.2. The number of methoxy groups -OCH3 is 1. The number of alkyl halides is 2. The molecule has 0 radical (unpaired) electrons. The molecule has 28 heavy (non-hydrogen) atoms. The number of thioether (sulfide) groups is 1. The van der Waals surface area contributed by atoms with Crippen LogP contribution in [0.15, 0.2) is 23.1 Å². The quantitative estimate of drug-likeness (QED) is 0.487. The van der Waals surface area contributed by atoms with Gasteiger partial charge in [0.2, 0.25) is 0 Å². The number of nitrogens with zero attached hydrogens (tertiary/aromatic N) is 2. The summed E-state index contributed by atoms with van der Waals surface area (Å²) in [6.45, 7) is 1.17. The van der Waals surface area contributed by atoms with Crippen LogP contribution in [0, 0.1) is 0 Å². The smallest absolute Gasteiger partial charge is 0.387 e. The molecule has 1 aromatic carbocycles. The summed E-state index contributed by atoms with van der Waals surface area (Å²) in [5, 5.41) is 0. The topological polar surface area (TPSA) is 51.2 Å². The Morgan fingerprint density at radius 1 is 1.32 bits per heavy atom. The monoisotopic (exact) mass is 430 g/mol. The number of hydrogen-bond donors (Lipinski definition) is 0. The zero-order valence-corrected chi connectivity index (χ0v) is 16.9. The molecule has 2 aliphatic rings. The van der Waals surface area contributed by atoms with E-state index in [-0.39, 0.29) is 17.4 Å². The van der Waals surface area contributed by atoms with Gasteiger partial charge in [0.15, 0.2) is 11.5 Å². The van der Waals surface area contributed by atoms with Crippen LogP contribution in [0.2, 0.25) is 0 Å². The lowest BCUT2D eigenvalue weighted by Gasteiger charge is -2.28. The maximum Gasteiger partial charge on any atom is 0.387 e. The van der Waals surface area contributed by atoms with E-state index < -0.39 is 6.61 Å². The highest BCUT2D eigenvalue weighted by Gasteiger charge is 2.32. The van der Waals surface area contributed by atoms with Crippen LogP contribution in [0.3, 0.4) is 0 Å². The Balaban J connectivity index is 1.76. The molecule has 0 spiro atoms. The van der Waals surface area contributed by atoms with Crippen LogP contribution in [0.25, 0.3) is 6.08 Å². The minimum absolute atomic E-state index is 0.112. The van der Waals surface area contributed by atoms with Crippen LogP contribution in [0.4, 0.5) is 8.78 Å². The molecule has 2 saturated heterocycles. The number of ether oxygens (including phenoxy) is 3. The normalized spacial score (nSPS) is 19.7. The van der Waals surface area contributed by atoms with Crippen LogP contribution in [-0.4, -0.2) is 73.1 Å². The van der Waals surface area contributed by atoms with E-state index in [4.69, 9.17) is 21.7 Å². The van der Waals surface area contributed by atoms with Crippen LogP contribution in [0.1, 0.15) is 5.56 Å². The highest BCUT2D eigenvalue weighted by Crippen LogP contribution is 2.38. The highest BCUT2D eigenvalue weighted by atomic mass is 32.2. The summed E-state index contributed by atoms with van der Waals surface area (Å²) < 4.78 is 41.1. The fourth-order valence-corrected chi connectivity index (χ4v) is 4.22. The Morgan fingerprint density at radius 3 is 2.75 bits per heavy atom. The van der Waals surface area contributed by atoms with Gasteiger partial charge >= 0.3 is 6.61 Å². The third-order valence-electron chi connectivity index (χ3n) is 4.34. The van der Waals surface area contributed by atoms with Crippen LogP contribution in [-0.2, 0) is 9.53 Å². The fourth-order valence-electron chi connectivity index (χ4n) is 2.92. The lowest BCUT2D eigenvalue weighted by atomic mass is 10.1. The lowest BCUT2D eigenvalue weighted by Crippen LogP contribution is -2.42. The standard InChI is InChI=1S/C18H20F2N2O4S2/c1-24-13-4-2-3-12(15(13)26-17(19)20)11-14-16(23)22(18(27)28-14)6-5-21-7-9-25-10-8-21/h2-4,11,17H,5-10H2,1H3. The average molecular weight is 430 g/mol. The van der Waals surface area contributed by atoms with E-state index in [1.807, 2.05) is 0 Å². The van der Waals surface area contributed by atoms with Gasteiger partial charge < -0.3 is 14.2 Å². The lowest BCUT2D eigenvalue weighted by molar-refractivity contribution is -0.122. The largest absolute Gasteiger partial charge is 0.493 e. The van der Waals surface area contributed by atoms with E-state index in [1.54, 1.807) is 12.1 Å². The molecule has 0 aromatic heterocycles. The third-order valence-corrected chi connectivity index (χ3v) is 5.72. The Bertz CT molecular complexity index is 770. The Hall–Kier alpha value is -1.75. The first-order valence-corrected chi connectivity index (χ1v) is 9.89. The van der Waals surface area contributed by atoms with Crippen LogP contribution >= 0.6 is 24.0 Å². The van der Waals surface area contributed by atoms with Gasteiger partial charge in [-0.15, -0.1) is 0 Å². The van der Waals surface area contributed by atoms with Crippen molar-refractivity contribution in [3.8, 4) is 11.5 Å². The molecule has 6 nitrogen and oxygen atoms in total. The molecule has 10 heteroatoms. The second-order valence-electron chi connectivity index (χ2n) is 6.04. The summed E-state index contributed by atoms with van der Waals surface area (Å²) in [4.78, 5) is 16.9. The third kappa shape index (κ3) is 4.99. The summed E-state index contributed by atoms with van der Waals surface area (Å²) in [6, 6.07) is 4.74. The number of hydrogen-bond acceptors (Lipinski definition) is 7. The van der Waals surface area contributed by atoms with Crippen molar-refractivity contribution in [2.75, 3.05) is 46.5 Å². The summed E-state index contributed by atoms with van der Waals surface area (Å²) in [5.41, 5.74) is 0.327. The molecule has 1 amide bonds. The molecule has 0 atom stereocenters. The van der Waals surface area contributed by atoms with Gasteiger partial charge in [-0.05, 0) is 12.1 Å². The van der Waals surface area contributed by atoms with Crippen molar-refractivity contribution in [2.45, 2.75) is 6.61 Å². The number of thiocarbonyl (C=S) groups is 1. The zero-order chi connectivity index (χ0) is 20.1. The molecule has 0 bridgehead atoms. The summed E-state index contributed by atoms with van der Waals surface area (Å²) >= 11 is 6.48.